The van der Waals surface area contributed by atoms with E-state index in [0.29, 0.717) is 118 Å². The number of ketones is 2. The topological polar surface area (TPSA) is 436 Å². The maximum Gasteiger partial charge on any atom is 0.338 e. The van der Waals surface area contributed by atoms with Gasteiger partial charge in [0.25, 0.3) is 0 Å². The van der Waals surface area contributed by atoms with E-state index in [-0.39, 0.29) is 64.7 Å². The Labute approximate surface area is 796 Å². The molecule has 0 radical (unpaired) electrons. The van der Waals surface area contributed by atoms with Crippen molar-refractivity contribution in [3.8, 4) is 72.8 Å². The van der Waals surface area contributed by atoms with Crippen LogP contribution in [-0.4, -0.2) is 145 Å². The summed E-state index contributed by atoms with van der Waals surface area (Å²) in [5.74, 6) is -3.81. The second kappa shape index (κ2) is 38.9. The van der Waals surface area contributed by atoms with Gasteiger partial charge < -0.3 is 57.1 Å². The number of benzene rings is 4. The molecule has 3 unspecified atom stereocenters. The maximum absolute atomic E-state index is 14.0. The van der Waals surface area contributed by atoms with Crippen molar-refractivity contribution in [1.29, 1.82) is 0 Å². The van der Waals surface area contributed by atoms with Crippen LogP contribution in [-0.2, 0) is 19.2 Å². The number of anilines is 4. The van der Waals surface area contributed by atoms with Gasteiger partial charge in [-0.2, -0.15) is 38.5 Å². The number of nitrogen functional groups attached to an aromatic ring is 4. The summed E-state index contributed by atoms with van der Waals surface area (Å²) in [6, 6.07) is 50.1. The average Bonchev–Trinajstić information content (AvgIpc) is 1.59. The molecule has 21 rings (SSSR count). The molecule has 0 aliphatic heterocycles. The first-order valence-electron chi connectivity index (χ1n) is 45.6. The van der Waals surface area contributed by atoms with Gasteiger partial charge in [0.1, 0.15) is 23.3 Å². The summed E-state index contributed by atoms with van der Waals surface area (Å²) in [6.45, 7) is 2.95. The van der Waals surface area contributed by atoms with Gasteiger partial charge in [0.15, 0.2) is 46.5 Å². The monoisotopic (exact) mass is 1960 g/mol. The summed E-state index contributed by atoms with van der Waals surface area (Å²) in [5, 5.41) is 54.3. The van der Waals surface area contributed by atoms with Crippen molar-refractivity contribution in [2.75, 3.05) is 22.9 Å². The van der Waals surface area contributed by atoms with Crippen LogP contribution in [0.25, 0.3) is 95.4 Å². The number of para-hydroxylation sites is 3. The highest BCUT2D eigenvalue weighted by Crippen LogP contribution is 2.63. The number of aliphatic carboxylic acids is 4. The van der Waals surface area contributed by atoms with E-state index in [1.54, 1.807) is 38.3 Å². The molecule has 12 aromatic heterocycles. The van der Waals surface area contributed by atoms with Crippen molar-refractivity contribution in [3.63, 3.8) is 0 Å². The lowest BCUT2D eigenvalue weighted by Gasteiger charge is -2.29. The first kappa shape index (κ1) is 92.1. The molecular weight excluding hydrogens is 1860 g/mol. The lowest BCUT2D eigenvalue weighted by Crippen LogP contribution is -2.29. The second-order valence-electron chi connectivity index (χ2n) is 36.2. The van der Waals surface area contributed by atoms with E-state index in [1.165, 1.54) is 18.4 Å². The number of hydrogen-bond acceptors (Lipinski definition) is 19. The smallest absolute Gasteiger partial charge is 0.338 e. The Kier molecular flexibility index (Phi) is 26.3. The van der Waals surface area contributed by atoms with Crippen LogP contribution in [0.1, 0.15) is 197 Å². The molecule has 12 heterocycles. The van der Waals surface area contributed by atoms with Crippen molar-refractivity contribution < 1.29 is 58.0 Å². The molecule has 0 bridgehead atoms. The zero-order chi connectivity index (χ0) is 95.1. The number of Topliss-reactive ketones (excluding diaryl/α,β-unsaturated/α-hetero) is 2. The first-order chi connectivity index (χ1) is 65.7. The van der Waals surface area contributed by atoms with Crippen LogP contribution in [0, 0.1) is 29.1 Å². The number of fused-ring (bicyclic) bond motifs is 4. The molecule has 34 heteroatoms. The summed E-state index contributed by atoms with van der Waals surface area (Å²) < 4.78 is 41.9. The lowest BCUT2D eigenvalue weighted by molar-refractivity contribution is -0.146. The number of carbonyl (C=O) groups is 6. The Morgan fingerprint density at radius 3 is 1.08 bits per heavy atom. The van der Waals surface area contributed by atoms with E-state index in [2.05, 4.69) is 57.2 Å². The zero-order valence-corrected chi connectivity index (χ0v) is 77.7. The summed E-state index contributed by atoms with van der Waals surface area (Å²) in [4.78, 5) is 94.2. The van der Waals surface area contributed by atoms with Crippen LogP contribution >= 0.6 is 31.9 Å². The fourth-order valence-corrected chi connectivity index (χ4v) is 21.6. The Bertz CT molecular complexity index is 7170. The van der Waals surface area contributed by atoms with Gasteiger partial charge >= 0.3 is 23.9 Å². The molecule has 5 fully saturated rings. The van der Waals surface area contributed by atoms with Gasteiger partial charge in [-0.25, -0.2) is 38.3 Å². The number of rotatable bonds is 21. The average molecular weight is 1960 g/mol. The van der Waals surface area contributed by atoms with Crippen molar-refractivity contribution in [1.82, 2.24) is 77.1 Å². The minimum atomic E-state index is -1.88. The Balaban J connectivity index is 0.000000121. The minimum absolute atomic E-state index is 0.00159. The van der Waals surface area contributed by atoms with Crippen molar-refractivity contribution in [3.05, 3.63) is 263 Å². The number of carboxylic acid groups (broad SMARTS) is 4. The van der Waals surface area contributed by atoms with Gasteiger partial charge in [0.05, 0.1) is 79.2 Å². The molecule has 30 nitrogen and oxygen atoms in total. The van der Waals surface area contributed by atoms with Crippen LogP contribution in [0.5, 0.6) is 0 Å². The SMILES string of the molecule is CC(=O)c1c(C2CCC(C(F)C(=O)O)CC2)nc2c(-c3ccn(-c4ccccc4)c3)cnn2c1N.CC(=O)c1c(C2CCC(CC(=O)O)CC2)nc2c(-c3ccn(-c4ccccc4)c3)cnn2c1N.Nc1c(Br)c(C2CCC(C(F)C(=O)O)CC2)nc2c(-c3ccn(-c4ccccc4)c3)cnn12.Nc1c(Br)c(C2CCC3(CC2)CC3C(=O)O)nc2c(-c3ccc(-c4ccccc4)nc3)cnn12. The van der Waals surface area contributed by atoms with Gasteiger partial charge in [-0.3, -0.25) is 24.2 Å². The minimum Gasteiger partial charge on any atom is -0.481 e. The highest BCUT2D eigenvalue weighted by Gasteiger charge is 2.59. The van der Waals surface area contributed by atoms with Crippen LogP contribution in [0.15, 0.2) is 229 Å². The molecule has 0 saturated heterocycles. The molecule has 1 spiro atoms. The maximum atomic E-state index is 14.0. The van der Waals surface area contributed by atoms with Gasteiger partial charge in [-0.1, -0.05) is 91.0 Å². The van der Waals surface area contributed by atoms with Crippen LogP contribution < -0.4 is 22.9 Å². The summed E-state index contributed by atoms with van der Waals surface area (Å²) >= 11 is 7.25. The highest BCUT2D eigenvalue weighted by molar-refractivity contribution is 9.11. The lowest BCUT2D eigenvalue weighted by atomic mass is 9.77. The molecule has 5 aliphatic rings. The molecule has 0 amide bonds. The number of alkyl halides is 2. The third-order valence-electron chi connectivity index (χ3n) is 27.9. The molecule has 16 aromatic rings. The van der Waals surface area contributed by atoms with Crippen LogP contribution in [0.2, 0.25) is 0 Å². The molecule has 3 atom stereocenters. The van der Waals surface area contributed by atoms with E-state index < -0.39 is 48.1 Å². The highest BCUT2D eigenvalue weighted by atomic mass is 79.9. The second-order valence-corrected chi connectivity index (χ2v) is 37.8. The van der Waals surface area contributed by atoms with E-state index >= 15 is 0 Å². The number of nitrogens with zero attached hydrogens (tertiary/aromatic N) is 16. The summed E-state index contributed by atoms with van der Waals surface area (Å²) in [7, 11) is 0. The van der Waals surface area contributed by atoms with Gasteiger partial charge in [-0.15, -0.1) is 0 Å². The summed E-state index contributed by atoms with van der Waals surface area (Å²) in [5.41, 5.74) is 44.3. The Morgan fingerprint density at radius 2 is 0.743 bits per heavy atom. The first-order valence-corrected chi connectivity index (χ1v) is 47.2. The number of carboxylic acids is 4. The number of carbonyl (C=O) groups excluding carboxylic acids is 2. The largest absolute Gasteiger partial charge is 0.481 e. The van der Waals surface area contributed by atoms with Gasteiger partial charge in [-0.05, 0) is 227 Å². The fraction of sp³-hybridized carbons (Fsp3) is 0.304. The number of halogens is 4. The van der Waals surface area contributed by atoms with E-state index in [0.717, 1.165) is 146 Å². The fourth-order valence-electron chi connectivity index (χ4n) is 20.4. The third kappa shape index (κ3) is 18.5. The number of nitrogens with two attached hydrogens (primary N) is 4. The third-order valence-corrected chi connectivity index (χ3v) is 29.5. The zero-order valence-electron chi connectivity index (χ0n) is 74.5. The normalized spacial score (nSPS) is 20.2. The van der Waals surface area contributed by atoms with Gasteiger partial charge in [0.2, 0.25) is 0 Å². The number of hydrogen-bond donors (Lipinski definition) is 8. The standard InChI is InChI=1S/C26H24BrN5O2.C26H26FN5O3.C26H27N5O3.C24H23BrFN5O2/c27-21-22(16-8-10-26(11-9-16)12-19(26)25(33)34)31-24-18(14-30-32(24)23(21)28)17-6-7-20(29-13-17)15-4-2-1-3-5-15;1-15(33)21-23(17-9-7-16(8-10-17)22(27)26(34)35)30-25-20(13-29-32(25)24(21)28)18-11-12-31(14-18)19-5-3-2-4-6-19;1-16(32)23-24(18-9-7-17(8-10-18)13-22(33)34)29-26-21(14-28-31(26)25(23)27)19-11-12-30(15-19)20-5-3-2-4-6-20;25-19-21(15-8-6-14(7-9-15)20(26)24(32)33)29-23-18(12-28-31(23)22(19)27)16-10-11-30(13-16)17-4-2-1-3-5-17/h1-7,13-14,16,19H,8-12,28H2,(H,33,34);2-6,11-14,16-17,22H,7-10,28H2,1H3,(H,34,35);2-6,11-12,14-15,17-18H,7-10,13,27H2,1H3,(H,33,34);1-5,10-15,20H,6-9,27H2,(H,32,33). The van der Waals surface area contributed by atoms with Crippen LogP contribution in [0.4, 0.5) is 32.1 Å². The van der Waals surface area contributed by atoms with Crippen molar-refractivity contribution in [2.24, 2.45) is 29.1 Å². The van der Waals surface area contributed by atoms with E-state index in [9.17, 15) is 42.7 Å². The van der Waals surface area contributed by atoms with Crippen molar-refractivity contribution >= 4 is 113 Å². The summed E-state index contributed by atoms with van der Waals surface area (Å²) in [6.07, 6.45) is 29.2. The Hall–Kier alpha value is -14.4. The molecule has 12 N–H and O–H groups in total. The molecule has 4 aromatic carbocycles. The molecule has 136 heavy (non-hydrogen) atoms. The Morgan fingerprint density at radius 1 is 0.404 bits per heavy atom. The molecular formula is C102H100Br2F2N20O10. The van der Waals surface area contributed by atoms with Gasteiger partial charge in [0, 0.05) is 152 Å². The van der Waals surface area contributed by atoms with E-state index in [4.69, 9.17) is 58.2 Å². The quantitative estimate of drug-likeness (QED) is 0.0310. The molecule has 5 aliphatic carbocycles. The molecule has 5 saturated carbocycles. The van der Waals surface area contributed by atoms with E-state index in [1.807, 2.05) is 209 Å². The van der Waals surface area contributed by atoms with Crippen molar-refractivity contribution in [2.45, 2.75) is 165 Å². The predicted molar refractivity (Wildman–Crippen MR) is 519 cm³/mol. The number of aromatic nitrogens is 16. The predicted octanol–water partition coefficient (Wildman–Crippen LogP) is 20.2. The van der Waals surface area contributed by atoms with Crippen LogP contribution in [0.3, 0.4) is 0 Å². The molecule has 696 valence electrons. The number of pyridine rings is 1.